The second-order valence-electron chi connectivity index (χ2n) is 6.76. The van der Waals surface area contributed by atoms with Gasteiger partial charge in [0.25, 0.3) is 5.91 Å². The lowest BCUT2D eigenvalue weighted by molar-refractivity contribution is -0.132. The Bertz CT molecular complexity index is 749. The fraction of sp³-hybridized carbons (Fsp3) is 0.400. The molecule has 0 spiro atoms. The summed E-state index contributed by atoms with van der Waals surface area (Å²) in [5.41, 5.74) is 2.94. The molecule has 2 amide bonds. The minimum absolute atomic E-state index is 0.0126. The van der Waals surface area contributed by atoms with Crippen LogP contribution in [0.2, 0.25) is 0 Å². The number of nitrogens with zero attached hydrogens (tertiary/aromatic N) is 3. The lowest BCUT2D eigenvalue weighted by atomic mass is 10.1. The molecule has 26 heavy (non-hydrogen) atoms. The van der Waals surface area contributed by atoms with Gasteiger partial charge in [0.2, 0.25) is 5.91 Å². The standard InChI is InChI=1S/C20H25N3O3/c1-16-5-3-4-6-17(16)13-21(2)19(24)14-22-8-10-23(11-9-22)20(25)18-7-12-26-15-18/h3-7,12,15H,8-11,13-14H2,1-2H3. The van der Waals surface area contributed by atoms with E-state index in [1.165, 1.54) is 23.7 Å². The van der Waals surface area contributed by atoms with Crippen molar-refractivity contribution in [1.82, 2.24) is 14.7 Å². The number of benzene rings is 1. The summed E-state index contributed by atoms with van der Waals surface area (Å²) >= 11 is 0. The summed E-state index contributed by atoms with van der Waals surface area (Å²) in [6, 6.07) is 9.80. The number of rotatable bonds is 5. The Morgan fingerprint density at radius 1 is 1.12 bits per heavy atom. The van der Waals surface area contributed by atoms with Gasteiger partial charge in [0.1, 0.15) is 6.26 Å². The smallest absolute Gasteiger partial charge is 0.257 e. The van der Waals surface area contributed by atoms with Gasteiger partial charge in [-0.2, -0.15) is 0 Å². The quantitative estimate of drug-likeness (QED) is 0.823. The van der Waals surface area contributed by atoms with E-state index in [0.29, 0.717) is 44.8 Å². The highest BCUT2D eigenvalue weighted by molar-refractivity contribution is 5.93. The third-order valence-electron chi connectivity index (χ3n) is 4.88. The Hall–Kier alpha value is -2.60. The van der Waals surface area contributed by atoms with Crippen molar-refractivity contribution in [2.45, 2.75) is 13.5 Å². The van der Waals surface area contributed by atoms with Crippen molar-refractivity contribution in [2.75, 3.05) is 39.8 Å². The lowest BCUT2D eigenvalue weighted by Crippen LogP contribution is -2.51. The molecule has 1 fully saturated rings. The molecule has 0 atom stereocenters. The SMILES string of the molecule is Cc1ccccc1CN(C)C(=O)CN1CCN(C(=O)c2ccoc2)CC1. The minimum atomic E-state index is -0.0126. The number of piperazine rings is 1. The minimum Gasteiger partial charge on any atom is -0.472 e. The van der Waals surface area contributed by atoms with Crippen molar-refractivity contribution < 1.29 is 14.0 Å². The highest BCUT2D eigenvalue weighted by Crippen LogP contribution is 2.12. The zero-order chi connectivity index (χ0) is 18.5. The first kappa shape index (κ1) is 18.2. The Labute approximate surface area is 154 Å². The van der Waals surface area contributed by atoms with Gasteiger partial charge >= 0.3 is 0 Å². The van der Waals surface area contributed by atoms with Crippen LogP contribution in [0.15, 0.2) is 47.3 Å². The van der Waals surface area contributed by atoms with E-state index in [9.17, 15) is 9.59 Å². The molecule has 3 rings (SSSR count). The van der Waals surface area contributed by atoms with Crippen LogP contribution in [0.5, 0.6) is 0 Å². The predicted octanol–water partition coefficient (Wildman–Crippen LogP) is 2.00. The molecule has 6 nitrogen and oxygen atoms in total. The van der Waals surface area contributed by atoms with Crippen LogP contribution < -0.4 is 0 Å². The third-order valence-corrected chi connectivity index (χ3v) is 4.88. The molecular weight excluding hydrogens is 330 g/mol. The van der Waals surface area contributed by atoms with Gasteiger partial charge in [0, 0.05) is 39.8 Å². The van der Waals surface area contributed by atoms with Gasteiger partial charge in [-0.3, -0.25) is 14.5 Å². The molecular formula is C20H25N3O3. The van der Waals surface area contributed by atoms with Gasteiger partial charge < -0.3 is 14.2 Å². The average molecular weight is 355 g/mol. The van der Waals surface area contributed by atoms with E-state index >= 15 is 0 Å². The summed E-state index contributed by atoms with van der Waals surface area (Å²) in [6.45, 7) is 5.71. The van der Waals surface area contributed by atoms with Crippen LogP contribution in [0.4, 0.5) is 0 Å². The van der Waals surface area contributed by atoms with Gasteiger partial charge in [-0.15, -0.1) is 0 Å². The van der Waals surface area contributed by atoms with E-state index in [2.05, 4.69) is 24.0 Å². The van der Waals surface area contributed by atoms with E-state index in [1.807, 2.05) is 24.1 Å². The van der Waals surface area contributed by atoms with Crippen LogP contribution in [0.25, 0.3) is 0 Å². The van der Waals surface area contributed by atoms with Crippen LogP contribution in [-0.2, 0) is 11.3 Å². The number of furan rings is 1. The fourth-order valence-electron chi connectivity index (χ4n) is 3.12. The molecule has 0 aliphatic carbocycles. The summed E-state index contributed by atoms with van der Waals surface area (Å²) in [4.78, 5) is 30.5. The number of hydrogen-bond donors (Lipinski definition) is 0. The maximum atomic E-state index is 12.5. The highest BCUT2D eigenvalue weighted by Gasteiger charge is 2.24. The van der Waals surface area contributed by atoms with Crippen molar-refractivity contribution in [1.29, 1.82) is 0 Å². The molecule has 0 saturated carbocycles. The molecule has 2 heterocycles. The number of amides is 2. The molecule has 6 heteroatoms. The van der Waals surface area contributed by atoms with Crippen molar-refractivity contribution in [3.8, 4) is 0 Å². The van der Waals surface area contributed by atoms with E-state index in [4.69, 9.17) is 4.42 Å². The summed E-state index contributed by atoms with van der Waals surface area (Å²) in [5.74, 6) is 0.0873. The molecule has 0 radical (unpaired) electrons. The number of carbonyl (C=O) groups excluding carboxylic acids is 2. The molecule has 0 bridgehead atoms. The monoisotopic (exact) mass is 355 g/mol. The van der Waals surface area contributed by atoms with Crippen molar-refractivity contribution in [3.05, 3.63) is 59.5 Å². The van der Waals surface area contributed by atoms with E-state index in [-0.39, 0.29) is 11.8 Å². The molecule has 1 aromatic heterocycles. The summed E-state index contributed by atoms with van der Waals surface area (Å²) < 4.78 is 4.98. The fourth-order valence-corrected chi connectivity index (χ4v) is 3.12. The largest absolute Gasteiger partial charge is 0.472 e. The number of likely N-dealkylation sites (N-methyl/N-ethyl adjacent to an activating group) is 1. The first-order chi connectivity index (χ1) is 12.5. The lowest BCUT2D eigenvalue weighted by Gasteiger charge is -2.34. The molecule has 1 aliphatic heterocycles. The molecule has 1 aromatic carbocycles. The predicted molar refractivity (Wildman–Crippen MR) is 98.7 cm³/mol. The highest BCUT2D eigenvalue weighted by atomic mass is 16.3. The Kier molecular flexibility index (Phi) is 5.73. The topological polar surface area (TPSA) is 57.0 Å². The van der Waals surface area contributed by atoms with Crippen LogP contribution in [-0.4, -0.2) is 66.3 Å². The van der Waals surface area contributed by atoms with Crippen LogP contribution in [0.3, 0.4) is 0 Å². The molecule has 1 aliphatic rings. The molecule has 0 unspecified atom stereocenters. The van der Waals surface area contributed by atoms with Crippen molar-refractivity contribution in [2.24, 2.45) is 0 Å². The summed E-state index contributed by atoms with van der Waals surface area (Å²) in [5, 5.41) is 0. The summed E-state index contributed by atoms with van der Waals surface area (Å²) in [7, 11) is 1.84. The normalized spacial score (nSPS) is 15.1. The van der Waals surface area contributed by atoms with E-state index in [0.717, 1.165) is 0 Å². The average Bonchev–Trinajstić information content (AvgIpc) is 3.18. The molecule has 0 N–H and O–H groups in total. The number of aryl methyl sites for hydroxylation is 1. The number of hydrogen-bond acceptors (Lipinski definition) is 4. The maximum Gasteiger partial charge on any atom is 0.257 e. The van der Waals surface area contributed by atoms with Crippen LogP contribution >= 0.6 is 0 Å². The van der Waals surface area contributed by atoms with Crippen LogP contribution in [0, 0.1) is 6.92 Å². The van der Waals surface area contributed by atoms with Gasteiger partial charge in [-0.25, -0.2) is 0 Å². The van der Waals surface area contributed by atoms with Gasteiger partial charge in [0.15, 0.2) is 0 Å². The van der Waals surface area contributed by atoms with Gasteiger partial charge in [-0.1, -0.05) is 24.3 Å². The zero-order valence-electron chi connectivity index (χ0n) is 15.4. The van der Waals surface area contributed by atoms with Crippen molar-refractivity contribution >= 4 is 11.8 Å². The van der Waals surface area contributed by atoms with Crippen LogP contribution in [0.1, 0.15) is 21.5 Å². The maximum absolute atomic E-state index is 12.5. The molecule has 2 aromatic rings. The van der Waals surface area contributed by atoms with E-state index < -0.39 is 0 Å². The first-order valence-electron chi connectivity index (χ1n) is 8.87. The second kappa shape index (κ2) is 8.19. The Morgan fingerprint density at radius 3 is 2.50 bits per heavy atom. The number of carbonyl (C=O) groups is 2. The zero-order valence-corrected chi connectivity index (χ0v) is 15.4. The Balaban J connectivity index is 1.47. The van der Waals surface area contributed by atoms with Gasteiger partial charge in [0.05, 0.1) is 18.4 Å². The first-order valence-corrected chi connectivity index (χ1v) is 8.87. The van der Waals surface area contributed by atoms with Crippen molar-refractivity contribution in [3.63, 3.8) is 0 Å². The third kappa shape index (κ3) is 4.32. The second-order valence-corrected chi connectivity index (χ2v) is 6.76. The van der Waals surface area contributed by atoms with Gasteiger partial charge in [-0.05, 0) is 24.1 Å². The molecule has 138 valence electrons. The molecule has 1 saturated heterocycles. The van der Waals surface area contributed by atoms with E-state index in [1.54, 1.807) is 11.0 Å². The summed E-state index contributed by atoms with van der Waals surface area (Å²) in [6.07, 6.45) is 2.98. The Morgan fingerprint density at radius 2 is 1.85 bits per heavy atom.